The fourth-order valence-electron chi connectivity index (χ4n) is 2.37. The first-order chi connectivity index (χ1) is 9.92. The van der Waals surface area contributed by atoms with Gasteiger partial charge in [0.25, 0.3) is 0 Å². The second-order valence-corrected chi connectivity index (χ2v) is 4.60. The Balaban J connectivity index is 1.94. The summed E-state index contributed by atoms with van der Waals surface area (Å²) in [5.41, 5.74) is 2.92. The lowest BCUT2D eigenvalue weighted by atomic mass is 10.2. The standard InChI is InChI=1S/C16H12N4/c1-2-7-13(8-3-1)17-16-19-18-15-11-10-12-6-4-5-9-14(12)20(15)16/h1-11H,(H,17,19). The maximum absolute atomic E-state index is 4.24. The highest BCUT2D eigenvalue weighted by atomic mass is 15.3. The summed E-state index contributed by atoms with van der Waals surface area (Å²) in [6, 6.07) is 22.2. The summed E-state index contributed by atoms with van der Waals surface area (Å²) in [4.78, 5) is 0. The summed E-state index contributed by atoms with van der Waals surface area (Å²) >= 11 is 0. The zero-order valence-corrected chi connectivity index (χ0v) is 10.7. The van der Waals surface area contributed by atoms with Crippen LogP contribution in [0.25, 0.3) is 16.6 Å². The molecule has 0 atom stereocenters. The molecule has 4 heteroatoms. The molecule has 4 rings (SSSR count). The molecule has 4 nitrogen and oxygen atoms in total. The van der Waals surface area contributed by atoms with Crippen molar-refractivity contribution in [2.75, 3.05) is 5.32 Å². The van der Waals surface area contributed by atoms with Crippen molar-refractivity contribution in [1.82, 2.24) is 14.6 Å². The maximum atomic E-state index is 4.24. The number of aromatic nitrogens is 3. The summed E-state index contributed by atoms with van der Waals surface area (Å²) in [5.74, 6) is 0.725. The third-order valence-electron chi connectivity index (χ3n) is 3.31. The van der Waals surface area contributed by atoms with E-state index >= 15 is 0 Å². The molecule has 0 fully saturated rings. The van der Waals surface area contributed by atoms with Gasteiger partial charge in [0.2, 0.25) is 5.95 Å². The first kappa shape index (κ1) is 11.0. The SMILES string of the molecule is c1ccc(Nc2nnc3ccc4ccccc4n23)cc1. The summed E-state index contributed by atoms with van der Waals surface area (Å²) in [6.45, 7) is 0. The molecule has 20 heavy (non-hydrogen) atoms. The Kier molecular flexibility index (Phi) is 2.39. The average Bonchev–Trinajstić information content (AvgIpc) is 2.92. The van der Waals surface area contributed by atoms with E-state index in [0.717, 1.165) is 28.2 Å². The molecule has 2 heterocycles. The van der Waals surface area contributed by atoms with Crippen LogP contribution in [0.2, 0.25) is 0 Å². The number of fused-ring (bicyclic) bond motifs is 3. The van der Waals surface area contributed by atoms with Gasteiger partial charge in [-0.05, 0) is 35.7 Å². The van der Waals surface area contributed by atoms with Gasteiger partial charge >= 0.3 is 0 Å². The van der Waals surface area contributed by atoms with Gasteiger partial charge in [-0.25, -0.2) is 0 Å². The molecule has 0 aliphatic rings. The van der Waals surface area contributed by atoms with Crippen molar-refractivity contribution in [3.8, 4) is 0 Å². The molecule has 1 N–H and O–H groups in total. The molecule has 2 aromatic heterocycles. The van der Waals surface area contributed by atoms with Crippen LogP contribution in [0.15, 0.2) is 66.7 Å². The number of anilines is 2. The van der Waals surface area contributed by atoms with Crippen LogP contribution in [0.4, 0.5) is 11.6 Å². The van der Waals surface area contributed by atoms with Crippen LogP contribution >= 0.6 is 0 Å². The maximum Gasteiger partial charge on any atom is 0.234 e. The summed E-state index contributed by atoms with van der Waals surface area (Å²) < 4.78 is 2.03. The van der Waals surface area contributed by atoms with E-state index in [9.17, 15) is 0 Å². The van der Waals surface area contributed by atoms with Gasteiger partial charge in [0.1, 0.15) is 0 Å². The molecule has 0 radical (unpaired) electrons. The Morgan fingerprint density at radius 3 is 2.45 bits per heavy atom. The lowest BCUT2D eigenvalue weighted by Gasteiger charge is -2.06. The lowest BCUT2D eigenvalue weighted by molar-refractivity contribution is 1.11. The molecule has 0 saturated carbocycles. The Morgan fingerprint density at radius 1 is 0.750 bits per heavy atom. The van der Waals surface area contributed by atoms with Crippen molar-refractivity contribution >= 4 is 28.2 Å². The predicted octanol–water partition coefficient (Wildman–Crippen LogP) is 3.63. The van der Waals surface area contributed by atoms with E-state index in [2.05, 4.69) is 33.7 Å². The molecular formula is C16H12N4. The molecule has 2 aromatic carbocycles. The number of hydrogen-bond acceptors (Lipinski definition) is 3. The van der Waals surface area contributed by atoms with Gasteiger partial charge in [0.05, 0.1) is 5.52 Å². The Morgan fingerprint density at radius 2 is 1.55 bits per heavy atom. The summed E-state index contributed by atoms with van der Waals surface area (Å²) in [7, 11) is 0. The number of nitrogens with zero attached hydrogens (tertiary/aromatic N) is 3. The fraction of sp³-hybridized carbons (Fsp3) is 0. The van der Waals surface area contributed by atoms with Crippen molar-refractivity contribution in [2.45, 2.75) is 0 Å². The van der Waals surface area contributed by atoms with Gasteiger partial charge in [0, 0.05) is 5.69 Å². The highest BCUT2D eigenvalue weighted by molar-refractivity contribution is 5.83. The molecule has 0 bridgehead atoms. The number of rotatable bonds is 2. The highest BCUT2D eigenvalue weighted by Gasteiger charge is 2.08. The Hall–Kier alpha value is -2.88. The van der Waals surface area contributed by atoms with Crippen molar-refractivity contribution in [1.29, 1.82) is 0 Å². The number of benzene rings is 2. The van der Waals surface area contributed by atoms with Crippen LogP contribution in [0.1, 0.15) is 0 Å². The van der Waals surface area contributed by atoms with E-state index in [0.29, 0.717) is 0 Å². The molecule has 4 aromatic rings. The van der Waals surface area contributed by atoms with Gasteiger partial charge in [-0.15, -0.1) is 10.2 Å². The number of nitrogens with one attached hydrogen (secondary N) is 1. The minimum absolute atomic E-state index is 0.725. The molecule has 0 spiro atoms. The molecule has 0 aliphatic carbocycles. The first-order valence-electron chi connectivity index (χ1n) is 6.47. The van der Waals surface area contributed by atoms with Crippen LogP contribution in [-0.2, 0) is 0 Å². The number of pyridine rings is 1. The highest BCUT2D eigenvalue weighted by Crippen LogP contribution is 2.21. The normalized spacial score (nSPS) is 11.0. The topological polar surface area (TPSA) is 42.2 Å². The van der Waals surface area contributed by atoms with E-state index in [4.69, 9.17) is 0 Å². The van der Waals surface area contributed by atoms with Gasteiger partial charge in [-0.1, -0.05) is 36.4 Å². The summed E-state index contributed by atoms with van der Waals surface area (Å²) in [6.07, 6.45) is 0. The zero-order valence-electron chi connectivity index (χ0n) is 10.7. The van der Waals surface area contributed by atoms with E-state index in [1.807, 2.05) is 52.9 Å². The Labute approximate surface area is 115 Å². The van der Waals surface area contributed by atoms with Gasteiger partial charge in [-0.2, -0.15) is 0 Å². The van der Waals surface area contributed by atoms with Crippen LogP contribution in [-0.4, -0.2) is 14.6 Å². The van der Waals surface area contributed by atoms with Gasteiger partial charge in [0.15, 0.2) is 5.65 Å². The molecule has 0 saturated heterocycles. The zero-order chi connectivity index (χ0) is 13.4. The molecular weight excluding hydrogens is 248 g/mol. The van der Waals surface area contributed by atoms with Crippen molar-refractivity contribution in [2.24, 2.45) is 0 Å². The molecule has 0 unspecified atom stereocenters. The van der Waals surface area contributed by atoms with Crippen molar-refractivity contribution in [3.05, 3.63) is 66.7 Å². The quantitative estimate of drug-likeness (QED) is 0.598. The predicted molar refractivity (Wildman–Crippen MR) is 80.2 cm³/mol. The van der Waals surface area contributed by atoms with Crippen LogP contribution in [0.3, 0.4) is 0 Å². The lowest BCUT2D eigenvalue weighted by Crippen LogP contribution is -1.97. The van der Waals surface area contributed by atoms with Crippen LogP contribution < -0.4 is 5.32 Å². The third kappa shape index (κ3) is 1.70. The third-order valence-corrected chi connectivity index (χ3v) is 3.31. The largest absolute Gasteiger partial charge is 0.324 e. The van der Waals surface area contributed by atoms with Crippen LogP contribution in [0.5, 0.6) is 0 Å². The first-order valence-corrected chi connectivity index (χ1v) is 6.47. The smallest absolute Gasteiger partial charge is 0.234 e. The fourth-order valence-corrected chi connectivity index (χ4v) is 2.37. The number of hydrogen-bond donors (Lipinski definition) is 1. The second kappa shape index (κ2) is 4.35. The van der Waals surface area contributed by atoms with E-state index in [-0.39, 0.29) is 0 Å². The van der Waals surface area contributed by atoms with E-state index in [1.54, 1.807) is 0 Å². The number of para-hydroxylation sites is 2. The molecule has 0 aliphatic heterocycles. The molecule has 0 amide bonds. The van der Waals surface area contributed by atoms with Crippen molar-refractivity contribution < 1.29 is 0 Å². The van der Waals surface area contributed by atoms with Crippen LogP contribution in [0, 0.1) is 0 Å². The van der Waals surface area contributed by atoms with Crippen molar-refractivity contribution in [3.63, 3.8) is 0 Å². The molecule has 96 valence electrons. The summed E-state index contributed by atoms with van der Waals surface area (Å²) in [5, 5.41) is 12.9. The average molecular weight is 260 g/mol. The van der Waals surface area contributed by atoms with Gasteiger partial charge < -0.3 is 5.32 Å². The Bertz CT molecular complexity index is 881. The minimum Gasteiger partial charge on any atom is -0.324 e. The van der Waals surface area contributed by atoms with E-state index < -0.39 is 0 Å². The second-order valence-electron chi connectivity index (χ2n) is 4.60. The van der Waals surface area contributed by atoms with Gasteiger partial charge in [-0.3, -0.25) is 4.40 Å². The minimum atomic E-state index is 0.725. The van der Waals surface area contributed by atoms with E-state index in [1.165, 1.54) is 0 Å². The monoisotopic (exact) mass is 260 g/mol.